The molecule has 0 saturated heterocycles. The van der Waals surface area contributed by atoms with Crippen molar-refractivity contribution in [3.8, 4) is 0 Å². The predicted molar refractivity (Wildman–Crippen MR) is 78.9 cm³/mol. The number of benzene rings is 1. The van der Waals surface area contributed by atoms with Crippen molar-refractivity contribution in [1.82, 2.24) is 5.32 Å². The van der Waals surface area contributed by atoms with Crippen LogP contribution in [0.5, 0.6) is 0 Å². The van der Waals surface area contributed by atoms with Gasteiger partial charge in [0.05, 0.1) is 5.75 Å². The quantitative estimate of drug-likeness (QED) is 0.787. The van der Waals surface area contributed by atoms with Gasteiger partial charge in [-0.3, -0.25) is 0 Å². The maximum atomic E-state index is 13.9. The van der Waals surface area contributed by atoms with Crippen LogP contribution < -0.4 is 5.32 Å². The standard InChI is InChI=1S/C13H20FNO2S2/c1-4-15-10(2)13-11(14)6-5-7-12(13)18-8-9-19(3,16)17/h5-7,10,15H,4,8-9H2,1-3H3. The molecule has 0 spiro atoms. The summed E-state index contributed by atoms with van der Waals surface area (Å²) in [5.41, 5.74) is 0.614. The summed E-state index contributed by atoms with van der Waals surface area (Å²) in [5.74, 6) is 0.287. The Kier molecular flexibility index (Phi) is 6.29. The summed E-state index contributed by atoms with van der Waals surface area (Å²) in [7, 11) is -2.98. The van der Waals surface area contributed by atoms with Crippen molar-refractivity contribution in [3.63, 3.8) is 0 Å². The highest BCUT2D eigenvalue weighted by molar-refractivity contribution is 8.00. The predicted octanol–water partition coefficient (Wildman–Crippen LogP) is 2.63. The van der Waals surface area contributed by atoms with E-state index in [1.54, 1.807) is 6.07 Å². The third kappa shape index (κ3) is 5.50. The van der Waals surface area contributed by atoms with Crippen LogP contribution in [0.1, 0.15) is 25.5 Å². The lowest BCUT2D eigenvalue weighted by Gasteiger charge is -2.17. The van der Waals surface area contributed by atoms with Crippen LogP contribution in [-0.4, -0.2) is 32.7 Å². The normalized spacial score (nSPS) is 13.5. The Bertz CT molecular complexity index is 517. The molecule has 0 saturated carbocycles. The van der Waals surface area contributed by atoms with E-state index in [0.29, 0.717) is 11.3 Å². The molecule has 1 atom stereocenters. The Morgan fingerprint density at radius 3 is 2.68 bits per heavy atom. The molecule has 0 aromatic heterocycles. The third-order valence-corrected chi connectivity index (χ3v) is 4.95. The van der Waals surface area contributed by atoms with Crippen LogP contribution in [0.25, 0.3) is 0 Å². The minimum absolute atomic E-state index is 0.0908. The molecule has 6 heteroatoms. The molecule has 0 aliphatic heterocycles. The van der Waals surface area contributed by atoms with E-state index in [9.17, 15) is 12.8 Å². The minimum atomic E-state index is -2.98. The zero-order chi connectivity index (χ0) is 14.5. The van der Waals surface area contributed by atoms with E-state index in [1.165, 1.54) is 24.1 Å². The molecule has 0 bridgehead atoms. The van der Waals surface area contributed by atoms with Crippen molar-refractivity contribution in [2.45, 2.75) is 24.8 Å². The van der Waals surface area contributed by atoms with Crippen LogP contribution in [0.2, 0.25) is 0 Å². The van der Waals surface area contributed by atoms with Crippen LogP contribution >= 0.6 is 11.8 Å². The Labute approximate surface area is 118 Å². The Balaban J connectivity index is 2.85. The molecule has 1 unspecified atom stereocenters. The van der Waals surface area contributed by atoms with Gasteiger partial charge in [-0.15, -0.1) is 11.8 Å². The van der Waals surface area contributed by atoms with Crippen molar-refractivity contribution in [2.75, 3.05) is 24.3 Å². The Hall–Kier alpha value is -0.590. The molecule has 1 aromatic rings. The van der Waals surface area contributed by atoms with Gasteiger partial charge >= 0.3 is 0 Å². The molecule has 0 amide bonds. The fourth-order valence-corrected chi connectivity index (χ4v) is 4.14. The summed E-state index contributed by atoms with van der Waals surface area (Å²) in [6.45, 7) is 4.62. The number of halogens is 1. The monoisotopic (exact) mass is 305 g/mol. The SMILES string of the molecule is CCNC(C)c1c(F)cccc1SCCS(C)(=O)=O. The maximum Gasteiger partial charge on any atom is 0.148 e. The van der Waals surface area contributed by atoms with Gasteiger partial charge in [-0.2, -0.15) is 0 Å². The average Bonchev–Trinajstić information content (AvgIpc) is 2.27. The maximum absolute atomic E-state index is 13.9. The van der Waals surface area contributed by atoms with E-state index in [4.69, 9.17) is 0 Å². The van der Waals surface area contributed by atoms with E-state index in [1.807, 2.05) is 19.9 Å². The van der Waals surface area contributed by atoms with Gasteiger partial charge in [-0.25, -0.2) is 12.8 Å². The van der Waals surface area contributed by atoms with E-state index < -0.39 is 9.84 Å². The summed E-state index contributed by atoms with van der Waals surface area (Å²) in [5, 5.41) is 3.18. The Morgan fingerprint density at radius 1 is 1.42 bits per heavy atom. The Morgan fingerprint density at radius 2 is 2.11 bits per heavy atom. The van der Waals surface area contributed by atoms with E-state index in [2.05, 4.69) is 5.32 Å². The lowest BCUT2D eigenvalue weighted by Crippen LogP contribution is -2.19. The van der Waals surface area contributed by atoms with E-state index >= 15 is 0 Å². The van der Waals surface area contributed by atoms with Gasteiger partial charge in [0.2, 0.25) is 0 Å². The first-order valence-corrected chi connectivity index (χ1v) is 9.22. The smallest absolute Gasteiger partial charge is 0.148 e. The largest absolute Gasteiger partial charge is 0.310 e. The fourth-order valence-electron chi connectivity index (χ4n) is 1.77. The highest BCUT2D eigenvalue weighted by Gasteiger charge is 2.15. The molecule has 108 valence electrons. The van der Waals surface area contributed by atoms with Gasteiger partial charge in [0.15, 0.2) is 0 Å². The van der Waals surface area contributed by atoms with E-state index in [0.717, 1.165) is 11.4 Å². The van der Waals surface area contributed by atoms with Crippen LogP contribution in [0.4, 0.5) is 4.39 Å². The summed E-state index contributed by atoms with van der Waals surface area (Å²) in [4.78, 5) is 0.803. The second-order valence-corrected chi connectivity index (χ2v) is 7.81. The van der Waals surface area contributed by atoms with Gasteiger partial charge < -0.3 is 5.32 Å². The number of nitrogens with one attached hydrogen (secondary N) is 1. The van der Waals surface area contributed by atoms with Crippen molar-refractivity contribution in [2.24, 2.45) is 0 Å². The molecule has 0 radical (unpaired) electrons. The average molecular weight is 305 g/mol. The molecule has 0 fully saturated rings. The first kappa shape index (κ1) is 16.5. The summed E-state index contributed by atoms with van der Waals surface area (Å²) < 4.78 is 36.1. The summed E-state index contributed by atoms with van der Waals surface area (Å²) >= 11 is 1.38. The number of hydrogen-bond acceptors (Lipinski definition) is 4. The second kappa shape index (κ2) is 7.26. The van der Waals surface area contributed by atoms with Crippen molar-refractivity contribution < 1.29 is 12.8 Å². The van der Waals surface area contributed by atoms with Crippen LogP contribution in [0.15, 0.2) is 23.1 Å². The minimum Gasteiger partial charge on any atom is -0.310 e. The molecule has 1 rings (SSSR count). The van der Waals surface area contributed by atoms with Crippen molar-refractivity contribution >= 4 is 21.6 Å². The molecule has 0 heterocycles. The number of thioether (sulfide) groups is 1. The molecule has 0 aliphatic rings. The van der Waals surface area contributed by atoms with Gasteiger partial charge in [0, 0.05) is 28.5 Å². The van der Waals surface area contributed by atoms with Gasteiger partial charge in [0.25, 0.3) is 0 Å². The topological polar surface area (TPSA) is 46.2 Å². The van der Waals surface area contributed by atoms with Crippen LogP contribution in [0, 0.1) is 5.82 Å². The molecule has 19 heavy (non-hydrogen) atoms. The molecular formula is C13H20FNO2S2. The van der Waals surface area contributed by atoms with Gasteiger partial charge in [0.1, 0.15) is 15.7 Å². The van der Waals surface area contributed by atoms with Crippen LogP contribution in [-0.2, 0) is 9.84 Å². The van der Waals surface area contributed by atoms with Crippen molar-refractivity contribution in [1.29, 1.82) is 0 Å². The molecular weight excluding hydrogens is 285 g/mol. The summed E-state index contributed by atoms with van der Waals surface area (Å²) in [6.07, 6.45) is 1.21. The number of hydrogen-bond donors (Lipinski definition) is 1. The lowest BCUT2D eigenvalue weighted by molar-refractivity contribution is 0.531. The molecule has 1 aromatic carbocycles. The lowest BCUT2D eigenvalue weighted by atomic mass is 10.1. The first-order valence-electron chi connectivity index (χ1n) is 6.17. The molecule has 0 aliphatic carbocycles. The highest BCUT2D eigenvalue weighted by Crippen LogP contribution is 2.29. The van der Waals surface area contributed by atoms with Crippen molar-refractivity contribution in [3.05, 3.63) is 29.6 Å². The number of rotatable bonds is 7. The number of sulfone groups is 1. The first-order chi connectivity index (χ1) is 8.85. The van der Waals surface area contributed by atoms with Gasteiger partial charge in [-0.1, -0.05) is 13.0 Å². The highest BCUT2D eigenvalue weighted by atomic mass is 32.2. The second-order valence-electron chi connectivity index (χ2n) is 4.41. The van der Waals surface area contributed by atoms with E-state index in [-0.39, 0.29) is 17.6 Å². The van der Waals surface area contributed by atoms with Crippen LogP contribution in [0.3, 0.4) is 0 Å². The molecule has 1 N–H and O–H groups in total. The fraction of sp³-hybridized carbons (Fsp3) is 0.538. The zero-order valence-electron chi connectivity index (χ0n) is 11.4. The molecule has 3 nitrogen and oxygen atoms in total. The zero-order valence-corrected chi connectivity index (χ0v) is 13.1. The third-order valence-electron chi connectivity index (χ3n) is 2.67. The summed E-state index contributed by atoms with van der Waals surface area (Å²) in [6, 6.07) is 4.83. The van der Waals surface area contributed by atoms with Gasteiger partial charge in [-0.05, 0) is 25.6 Å².